The van der Waals surface area contributed by atoms with E-state index in [-0.39, 0.29) is 6.54 Å². The molecular formula is C17H14F3N5OS2. The first-order valence-electron chi connectivity index (χ1n) is 8.32. The molecule has 4 heterocycles. The van der Waals surface area contributed by atoms with E-state index >= 15 is 0 Å². The highest BCUT2D eigenvalue weighted by atomic mass is 32.1. The van der Waals surface area contributed by atoms with E-state index in [4.69, 9.17) is 0 Å². The number of halogens is 3. The van der Waals surface area contributed by atoms with E-state index in [0.717, 1.165) is 17.4 Å². The van der Waals surface area contributed by atoms with Crippen LogP contribution in [0.25, 0.3) is 5.57 Å². The molecule has 3 aromatic rings. The summed E-state index contributed by atoms with van der Waals surface area (Å²) in [6, 6.07) is 2.38. The molecule has 0 atom stereocenters. The fraction of sp³-hybridized carbons (Fsp3) is 0.294. The molecule has 1 aliphatic heterocycles. The number of alkyl halides is 3. The number of nitrogens with zero attached hydrogens (tertiary/aromatic N) is 5. The summed E-state index contributed by atoms with van der Waals surface area (Å²) in [7, 11) is 0. The first-order chi connectivity index (χ1) is 13.4. The van der Waals surface area contributed by atoms with Crippen molar-refractivity contribution in [1.29, 1.82) is 0 Å². The summed E-state index contributed by atoms with van der Waals surface area (Å²) in [5.74, 6) is 0.322. The van der Waals surface area contributed by atoms with Gasteiger partial charge in [0.25, 0.3) is 0 Å². The molecule has 0 amide bonds. The molecule has 0 radical (unpaired) electrons. The Morgan fingerprint density at radius 3 is 2.71 bits per heavy atom. The van der Waals surface area contributed by atoms with Crippen LogP contribution in [0.2, 0.25) is 0 Å². The Morgan fingerprint density at radius 1 is 1.25 bits per heavy atom. The normalized spacial score (nSPS) is 15.0. The highest BCUT2D eigenvalue weighted by Crippen LogP contribution is 2.34. The molecule has 0 spiro atoms. The summed E-state index contributed by atoms with van der Waals surface area (Å²) in [4.78, 5) is 27.3. The van der Waals surface area contributed by atoms with Gasteiger partial charge in [0.05, 0.1) is 12.1 Å². The maximum atomic E-state index is 12.7. The summed E-state index contributed by atoms with van der Waals surface area (Å²) in [6.45, 7) is 1.26. The Labute approximate surface area is 165 Å². The molecule has 6 nitrogen and oxygen atoms in total. The van der Waals surface area contributed by atoms with E-state index in [1.54, 1.807) is 16.8 Å². The van der Waals surface area contributed by atoms with Gasteiger partial charge in [-0.05, 0) is 24.1 Å². The average molecular weight is 425 g/mol. The Kier molecular flexibility index (Phi) is 5.02. The van der Waals surface area contributed by atoms with Crippen molar-refractivity contribution in [1.82, 2.24) is 19.5 Å². The van der Waals surface area contributed by atoms with E-state index in [1.165, 1.54) is 22.5 Å². The topological polar surface area (TPSA) is 63.9 Å². The van der Waals surface area contributed by atoms with E-state index in [9.17, 15) is 18.0 Å². The van der Waals surface area contributed by atoms with Crippen LogP contribution < -0.4 is 10.6 Å². The van der Waals surface area contributed by atoms with Crippen molar-refractivity contribution in [2.24, 2.45) is 0 Å². The highest BCUT2D eigenvalue weighted by Gasteiger charge is 2.32. The molecule has 0 unspecified atom stereocenters. The number of hydrogen-bond donors (Lipinski definition) is 0. The maximum Gasteiger partial charge on any atom is 0.425 e. The molecule has 3 aromatic heterocycles. The zero-order valence-corrected chi connectivity index (χ0v) is 16.0. The third-order valence-corrected chi connectivity index (χ3v) is 6.23. The van der Waals surface area contributed by atoms with Gasteiger partial charge in [-0.3, -0.25) is 9.55 Å². The molecule has 0 fully saturated rings. The molecule has 0 aliphatic carbocycles. The number of thiophene rings is 1. The Balaban J connectivity index is 1.46. The van der Waals surface area contributed by atoms with Gasteiger partial charge in [-0.25, -0.2) is 9.78 Å². The van der Waals surface area contributed by atoms with Crippen LogP contribution in [0.4, 0.5) is 19.1 Å². The van der Waals surface area contributed by atoms with Crippen molar-refractivity contribution < 1.29 is 13.2 Å². The van der Waals surface area contributed by atoms with Gasteiger partial charge in [-0.1, -0.05) is 6.08 Å². The van der Waals surface area contributed by atoms with Gasteiger partial charge in [0.1, 0.15) is 11.2 Å². The van der Waals surface area contributed by atoms with Crippen LogP contribution in [0, 0.1) is 0 Å². The summed E-state index contributed by atoms with van der Waals surface area (Å²) in [5.41, 5.74) is 2.46. The summed E-state index contributed by atoms with van der Waals surface area (Å²) in [6.07, 6.45) is 1.65. The Bertz CT molecular complexity index is 1060. The minimum atomic E-state index is -4.38. The van der Waals surface area contributed by atoms with Crippen LogP contribution in [0.5, 0.6) is 0 Å². The minimum Gasteiger partial charge on any atom is -0.337 e. The van der Waals surface area contributed by atoms with Gasteiger partial charge in [0, 0.05) is 29.0 Å². The van der Waals surface area contributed by atoms with Gasteiger partial charge in [-0.15, -0.1) is 22.7 Å². The smallest absolute Gasteiger partial charge is 0.337 e. The molecule has 28 heavy (non-hydrogen) atoms. The van der Waals surface area contributed by atoms with Crippen molar-refractivity contribution in [3.63, 3.8) is 0 Å². The number of rotatable bonds is 4. The highest BCUT2D eigenvalue weighted by molar-refractivity contribution is 7.12. The second kappa shape index (κ2) is 7.47. The zero-order chi connectivity index (χ0) is 19.7. The maximum absolute atomic E-state index is 12.7. The second-order valence-electron chi connectivity index (χ2n) is 6.12. The van der Waals surface area contributed by atoms with Crippen molar-refractivity contribution in [2.45, 2.75) is 19.1 Å². The van der Waals surface area contributed by atoms with E-state index < -0.39 is 16.7 Å². The Hall–Kier alpha value is -2.53. The van der Waals surface area contributed by atoms with E-state index in [2.05, 4.69) is 21.0 Å². The van der Waals surface area contributed by atoms with Crippen LogP contribution >= 0.6 is 22.7 Å². The van der Waals surface area contributed by atoms with Crippen molar-refractivity contribution >= 4 is 34.2 Å². The Morgan fingerprint density at radius 2 is 2.11 bits per heavy atom. The number of aromatic nitrogens is 4. The summed E-state index contributed by atoms with van der Waals surface area (Å²) < 4.78 is 39.3. The van der Waals surface area contributed by atoms with Gasteiger partial charge in [-0.2, -0.15) is 18.2 Å². The van der Waals surface area contributed by atoms with Crippen molar-refractivity contribution in [3.8, 4) is 0 Å². The third-order valence-electron chi connectivity index (χ3n) is 4.26. The number of thiazole rings is 1. The first-order valence-corrected chi connectivity index (χ1v) is 10.0. The third kappa shape index (κ3) is 3.99. The van der Waals surface area contributed by atoms with Gasteiger partial charge in [0.2, 0.25) is 5.95 Å². The molecule has 0 N–H and O–H groups in total. The lowest BCUT2D eigenvalue weighted by atomic mass is 10.1. The monoisotopic (exact) mass is 425 g/mol. The van der Waals surface area contributed by atoms with E-state index in [0.29, 0.717) is 35.3 Å². The predicted molar refractivity (Wildman–Crippen MR) is 102 cm³/mol. The molecule has 0 aromatic carbocycles. The van der Waals surface area contributed by atoms with Crippen LogP contribution in [-0.2, 0) is 12.7 Å². The van der Waals surface area contributed by atoms with Crippen LogP contribution in [0.1, 0.15) is 21.1 Å². The molecule has 4 rings (SSSR count). The largest absolute Gasteiger partial charge is 0.425 e. The molecule has 146 valence electrons. The quantitative estimate of drug-likeness (QED) is 0.640. The molecule has 0 saturated carbocycles. The van der Waals surface area contributed by atoms with Crippen molar-refractivity contribution in [2.75, 3.05) is 18.0 Å². The summed E-state index contributed by atoms with van der Waals surface area (Å²) >= 11 is 2.19. The number of hydrogen-bond acceptors (Lipinski definition) is 7. The fourth-order valence-corrected chi connectivity index (χ4v) is 4.41. The van der Waals surface area contributed by atoms with Crippen LogP contribution in [0.3, 0.4) is 0 Å². The molecule has 1 aliphatic rings. The first kappa shape index (κ1) is 18.8. The minimum absolute atomic E-state index is 0.00922. The lowest BCUT2D eigenvalue weighted by Crippen LogP contribution is -2.33. The fourth-order valence-electron chi connectivity index (χ4n) is 2.84. The molecular weight excluding hydrogens is 411 g/mol. The lowest BCUT2D eigenvalue weighted by Gasteiger charge is -2.25. The van der Waals surface area contributed by atoms with Crippen molar-refractivity contribution in [3.05, 3.63) is 61.4 Å². The SMILES string of the molecule is O=c1nc(N2CC=C(c3cncs3)CC2)ncn1Cc1ccc(C(F)(F)F)s1. The number of anilines is 1. The van der Waals surface area contributed by atoms with Gasteiger partial charge < -0.3 is 4.90 Å². The van der Waals surface area contributed by atoms with Crippen LogP contribution in [-0.4, -0.2) is 32.6 Å². The average Bonchev–Trinajstić information content (AvgIpc) is 3.35. The van der Waals surface area contributed by atoms with Crippen LogP contribution in [0.15, 0.2) is 41.0 Å². The zero-order valence-electron chi connectivity index (χ0n) is 14.4. The predicted octanol–water partition coefficient (Wildman–Crippen LogP) is 3.52. The van der Waals surface area contributed by atoms with E-state index in [1.807, 2.05) is 11.1 Å². The van der Waals surface area contributed by atoms with Gasteiger partial charge in [0.15, 0.2) is 0 Å². The summed E-state index contributed by atoms with van der Waals surface area (Å²) in [5, 5.41) is 0. The lowest BCUT2D eigenvalue weighted by molar-refractivity contribution is -0.134. The van der Waals surface area contributed by atoms with Gasteiger partial charge >= 0.3 is 11.9 Å². The standard InChI is InChI=1S/C17H14F3N5OS2/c18-17(19,20)14-2-1-12(28-14)8-25-9-22-15(23-16(25)26)24-5-3-11(4-6-24)13-7-21-10-27-13/h1-3,7,9-10H,4-6,8H2. The molecule has 0 bridgehead atoms. The second-order valence-corrected chi connectivity index (χ2v) is 8.18. The molecule has 11 heteroatoms. The molecule has 0 saturated heterocycles.